The molecule has 0 aromatic heterocycles. The van der Waals surface area contributed by atoms with Crippen LogP contribution in [0.2, 0.25) is 0 Å². The monoisotopic (exact) mass is 438 g/mol. The number of hydrogen-bond donors (Lipinski definition) is 0. The topological polar surface area (TPSA) is 14.1 Å². The lowest BCUT2D eigenvalue weighted by Gasteiger charge is -2.08. The number of para-hydroxylation sites is 1. The van der Waals surface area contributed by atoms with Gasteiger partial charge in [0.05, 0.1) is 10.6 Å². The van der Waals surface area contributed by atoms with E-state index in [-0.39, 0.29) is 24.0 Å². The third-order valence-electron chi connectivity index (χ3n) is 2.55. The van der Waals surface area contributed by atoms with Crippen molar-refractivity contribution in [2.75, 3.05) is 0 Å². The standard InChI is InChI=1S/C13H14IN.HI/c1-10(14)6-7-11-8-9-15-13-5-3-2-4-12(11)13;/h2-5,8-10H,6-7H2,1H3;1H/q+1;/p-1. The SMILES string of the molecule is CC(I)CCC1=CC=[N+]c2ccccc21.[I-]. The molecule has 1 heterocycles. The molecular weight excluding hydrogens is 424 g/mol. The van der Waals surface area contributed by atoms with Crippen molar-refractivity contribution in [3.63, 3.8) is 0 Å². The maximum absolute atomic E-state index is 4.37. The number of benzene rings is 1. The Morgan fingerprint density at radius 2 is 2.06 bits per heavy atom. The van der Waals surface area contributed by atoms with E-state index in [0.717, 1.165) is 16.0 Å². The summed E-state index contributed by atoms with van der Waals surface area (Å²) >= 11 is 2.48. The Morgan fingerprint density at radius 1 is 1.31 bits per heavy atom. The highest BCUT2D eigenvalue weighted by Gasteiger charge is 2.17. The van der Waals surface area contributed by atoms with E-state index in [1.807, 2.05) is 12.3 Å². The molecule has 1 aliphatic rings. The quantitative estimate of drug-likeness (QED) is 0.489. The first-order valence-electron chi connectivity index (χ1n) is 5.24. The molecule has 1 aliphatic heterocycles. The molecule has 0 N–H and O–H groups in total. The summed E-state index contributed by atoms with van der Waals surface area (Å²) in [5.41, 5.74) is 3.83. The molecule has 1 aromatic rings. The van der Waals surface area contributed by atoms with E-state index in [1.54, 1.807) is 0 Å². The van der Waals surface area contributed by atoms with Gasteiger partial charge < -0.3 is 24.0 Å². The van der Waals surface area contributed by atoms with Crippen LogP contribution in [0, 0.1) is 0 Å². The lowest BCUT2D eigenvalue weighted by molar-refractivity contribution is -0.00000296. The maximum atomic E-state index is 4.37. The number of allylic oxidation sites excluding steroid dienone is 2. The number of alkyl halides is 1. The molecule has 1 radical (unpaired) electrons. The van der Waals surface area contributed by atoms with Crippen molar-refractivity contribution >= 4 is 40.1 Å². The molecule has 1 atom stereocenters. The first-order valence-corrected chi connectivity index (χ1v) is 6.48. The number of halogens is 2. The van der Waals surface area contributed by atoms with Gasteiger partial charge in [0, 0.05) is 16.1 Å². The minimum atomic E-state index is 0. The van der Waals surface area contributed by atoms with Crippen molar-refractivity contribution in [3.8, 4) is 0 Å². The van der Waals surface area contributed by atoms with E-state index < -0.39 is 0 Å². The third-order valence-corrected chi connectivity index (χ3v) is 3.17. The van der Waals surface area contributed by atoms with Crippen LogP contribution in [0.4, 0.5) is 5.69 Å². The van der Waals surface area contributed by atoms with Crippen LogP contribution in [0.5, 0.6) is 0 Å². The molecular formula is C13H14I2N. The Morgan fingerprint density at radius 3 is 2.81 bits per heavy atom. The molecule has 0 amide bonds. The summed E-state index contributed by atoms with van der Waals surface area (Å²) in [7, 11) is 0. The molecule has 0 spiro atoms. The number of aliphatic imine (C=N–C) groups is 1. The Labute approximate surface area is 128 Å². The molecule has 3 heteroatoms. The van der Waals surface area contributed by atoms with E-state index >= 15 is 0 Å². The van der Waals surface area contributed by atoms with Gasteiger partial charge in [-0.25, -0.2) is 0 Å². The number of nitrogens with zero attached hydrogens (tertiary/aromatic N) is 1. The second-order valence-electron chi connectivity index (χ2n) is 3.81. The number of rotatable bonds is 3. The molecule has 0 saturated heterocycles. The van der Waals surface area contributed by atoms with Gasteiger partial charge in [-0.05, 0) is 24.5 Å². The van der Waals surface area contributed by atoms with Gasteiger partial charge in [0.1, 0.15) is 0 Å². The lowest BCUT2D eigenvalue weighted by atomic mass is 9.97. The van der Waals surface area contributed by atoms with Gasteiger partial charge >= 0.3 is 0 Å². The van der Waals surface area contributed by atoms with Crippen molar-refractivity contribution in [3.05, 3.63) is 35.9 Å². The van der Waals surface area contributed by atoms with E-state index in [9.17, 15) is 0 Å². The summed E-state index contributed by atoms with van der Waals surface area (Å²) in [5.74, 6) is 0. The second-order valence-corrected chi connectivity index (χ2v) is 5.93. The van der Waals surface area contributed by atoms with E-state index in [4.69, 9.17) is 0 Å². The predicted octanol–water partition coefficient (Wildman–Crippen LogP) is 0.729. The van der Waals surface area contributed by atoms with Crippen molar-refractivity contribution in [1.82, 2.24) is 4.99 Å². The zero-order chi connectivity index (χ0) is 10.7. The fourth-order valence-corrected chi connectivity index (χ4v) is 2.04. The minimum absolute atomic E-state index is 0. The van der Waals surface area contributed by atoms with Crippen LogP contribution in [0.15, 0.2) is 30.3 Å². The summed E-state index contributed by atoms with van der Waals surface area (Å²) in [6.07, 6.45) is 6.43. The van der Waals surface area contributed by atoms with Crippen LogP contribution in [0.1, 0.15) is 25.3 Å². The van der Waals surface area contributed by atoms with Crippen LogP contribution >= 0.6 is 22.6 Å². The molecule has 85 valence electrons. The average molecular weight is 438 g/mol. The Bertz CT molecular complexity index is 408. The average Bonchev–Trinajstić information content (AvgIpc) is 2.26. The van der Waals surface area contributed by atoms with Crippen molar-refractivity contribution < 1.29 is 24.0 Å². The fraction of sp³-hybridized carbons (Fsp3) is 0.308. The van der Waals surface area contributed by atoms with Gasteiger partial charge in [0.15, 0.2) is 0 Å². The van der Waals surface area contributed by atoms with E-state index in [0.29, 0.717) is 0 Å². The molecule has 16 heavy (non-hydrogen) atoms. The fourth-order valence-electron chi connectivity index (χ4n) is 1.73. The van der Waals surface area contributed by atoms with Gasteiger partial charge in [0.2, 0.25) is 6.21 Å². The summed E-state index contributed by atoms with van der Waals surface area (Å²) < 4.78 is 0.731. The Hall–Kier alpha value is 0.0900. The van der Waals surface area contributed by atoms with E-state index in [1.165, 1.54) is 17.6 Å². The van der Waals surface area contributed by atoms with Crippen molar-refractivity contribution in [1.29, 1.82) is 0 Å². The van der Waals surface area contributed by atoms with Crippen LogP contribution < -0.4 is 29.0 Å². The summed E-state index contributed by atoms with van der Waals surface area (Å²) in [6, 6.07) is 8.36. The molecule has 1 aromatic carbocycles. The highest BCUT2D eigenvalue weighted by Crippen LogP contribution is 2.29. The molecule has 1 unspecified atom stereocenters. The Balaban J connectivity index is 0.00000128. The van der Waals surface area contributed by atoms with Gasteiger partial charge in [-0.3, -0.25) is 0 Å². The third kappa shape index (κ3) is 3.55. The normalized spacial score (nSPS) is 14.8. The van der Waals surface area contributed by atoms with Crippen LogP contribution in [-0.4, -0.2) is 10.1 Å². The molecule has 2 rings (SSSR count). The molecule has 0 fully saturated rings. The van der Waals surface area contributed by atoms with Crippen LogP contribution in [0.25, 0.3) is 5.57 Å². The smallest absolute Gasteiger partial charge is 0.284 e. The zero-order valence-electron chi connectivity index (χ0n) is 9.16. The molecule has 0 aliphatic carbocycles. The summed E-state index contributed by atoms with van der Waals surface area (Å²) in [4.78, 5) is 4.37. The first kappa shape index (κ1) is 14.2. The highest BCUT2D eigenvalue weighted by atomic mass is 127. The minimum Gasteiger partial charge on any atom is -1.00 e. The van der Waals surface area contributed by atoms with Crippen LogP contribution in [-0.2, 0) is 0 Å². The van der Waals surface area contributed by atoms with Gasteiger partial charge in [-0.2, -0.15) is 0 Å². The largest absolute Gasteiger partial charge is 1.00 e. The van der Waals surface area contributed by atoms with Crippen LogP contribution in [0.3, 0.4) is 0 Å². The molecule has 1 nitrogen and oxygen atoms in total. The summed E-state index contributed by atoms with van der Waals surface area (Å²) in [6.45, 7) is 2.25. The second kappa shape index (κ2) is 6.74. The zero-order valence-corrected chi connectivity index (χ0v) is 13.5. The van der Waals surface area contributed by atoms with E-state index in [2.05, 4.69) is 58.8 Å². The van der Waals surface area contributed by atoms with Gasteiger partial charge in [-0.1, -0.05) is 41.6 Å². The predicted molar refractivity (Wildman–Crippen MR) is 75.0 cm³/mol. The number of hydrogen-bond acceptors (Lipinski definition) is 1. The van der Waals surface area contributed by atoms with Crippen molar-refractivity contribution in [2.24, 2.45) is 0 Å². The molecule has 0 bridgehead atoms. The Kier molecular flexibility index (Phi) is 5.96. The maximum Gasteiger partial charge on any atom is 0.284 e. The summed E-state index contributed by atoms with van der Waals surface area (Å²) in [5, 5.41) is 0. The van der Waals surface area contributed by atoms with Gasteiger partial charge in [0.25, 0.3) is 5.69 Å². The van der Waals surface area contributed by atoms with Gasteiger partial charge in [-0.15, -0.1) is 0 Å². The number of fused-ring (bicyclic) bond motifs is 1. The first-order chi connectivity index (χ1) is 7.27. The lowest BCUT2D eigenvalue weighted by Crippen LogP contribution is -3.00. The van der Waals surface area contributed by atoms with Crippen molar-refractivity contribution in [2.45, 2.75) is 23.7 Å². The highest BCUT2D eigenvalue weighted by molar-refractivity contribution is 14.1. The molecule has 0 saturated carbocycles.